The Morgan fingerprint density at radius 2 is 1.86 bits per heavy atom. The molecule has 2 unspecified atom stereocenters. The quantitative estimate of drug-likeness (QED) is 0.489. The Hall–Kier alpha value is -0.480. The zero-order chi connectivity index (χ0) is 11.0. The van der Waals surface area contributed by atoms with E-state index in [0.29, 0.717) is 0 Å². The van der Waals surface area contributed by atoms with Crippen LogP contribution in [0.5, 0.6) is 0 Å². The maximum absolute atomic E-state index is 9.80. The topological polar surface area (TPSA) is 20.2 Å². The van der Waals surface area contributed by atoms with Crippen molar-refractivity contribution in [2.45, 2.75) is 59.0 Å². The van der Waals surface area contributed by atoms with Gasteiger partial charge in [0.15, 0.2) is 0 Å². The summed E-state index contributed by atoms with van der Waals surface area (Å²) in [7, 11) is 0. The van der Waals surface area contributed by atoms with Gasteiger partial charge in [0.2, 0.25) is 0 Å². The van der Waals surface area contributed by atoms with E-state index in [1.165, 1.54) is 19.3 Å². The predicted molar refractivity (Wildman–Crippen MR) is 61.9 cm³/mol. The molecule has 0 fully saturated rings. The second kappa shape index (κ2) is 7.88. The maximum Gasteiger partial charge on any atom is 0.0700 e. The van der Waals surface area contributed by atoms with Gasteiger partial charge >= 0.3 is 0 Å². The molecule has 0 saturated heterocycles. The first-order valence-corrected chi connectivity index (χ1v) is 5.77. The maximum atomic E-state index is 9.80. The molecular weight excluding hydrogens is 172 g/mol. The Kier molecular flexibility index (Phi) is 7.61. The standard InChI is InChI=1S/C13H24O/c1-5-7-8-9-10-12(6-2)13(14)11(3)4/h2,11-14H,5,7-10H2,1,3-4H3. The van der Waals surface area contributed by atoms with Gasteiger partial charge in [0.25, 0.3) is 0 Å². The zero-order valence-electron chi connectivity index (χ0n) is 9.79. The van der Waals surface area contributed by atoms with Crippen molar-refractivity contribution in [1.29, 1.82) is 0 Å². The minimum absolute atomic E-state index is 0.0480. The van der Waals surface area contributed by atoms with Crippen molar-refractivity contribution in [3.05, 3.63) is 0 Å². The van der Waals surface area contributed by atoms with Crippen LogP contribution in [0.2, 0.25) is 0 Å². The van der Waals surface area contributed by atoms with Crippen molar-refractivity contribution < 1.29 is 5.11 Å². The number of hydrogen-bond donors (Lipinski definition) is 1. The summed E-state index contributed by atoms with van der Waals surface area (Å²) < 4.78 is 0. The van der Waals surface area contributed by atoms with Gasteiger partial charge in [0.1, 0.15) is 0 Å². The Morgan fingerprint density at radius 1 is 1.21 bits per heavy atom. The monoisotopic (exact) mass is 196 g/mol. The normalized spacial score (nSPS) is 15.1. The van der Waals surface area contributed by atoms with E-state index in [-0.39, 0.29) is 17.9 Å². The van der Waals surface area contributed by atoms with Crippen molar-refractivity contribution >= 4 is 0 Å². The van der Waals surface area contributed by atoms with Gasteiger partial charge in [0.05, 0.1) is 6.10 Å². The fourth-order valence-electron chi connectivity index (χ4n) is 1.61. The first-order chi connectivity index (χ1) is 6.63. The van der Waals surface area contributed by atoms with Gasteiger partial charge in [-0.25, -0.2) is 0 Å². The van der Waals surface area contributed by atoms with Crippen LogP contribution >= 0.6 is 0 Å². The van der Waals surface area contributed by atoms with Gasteiger partial charge in [-0.2, -0.15) is 0 Å². The molecule has 0 bridgehead atoms. The lowest BCUT2D eigenvalue weighted by Gasteiger charge is -2.21. The van der Waals surface area contributed by atoms with Crippen LogP contribution in [0, 0.1) is 24.2 Å². The van der Waals surface area contributed by atoms with Gasteiger partial charge < -0.3 is 5.11 Å². The molecule has 0 aromatic carbocycles. The highest BCUT2D eigenvalue weighted by molar-refractivity contribution is 4.97. The highest BCUT2D eigenvalue weighted by atomic mass is 16.3. The summed E-state index contributed by atoms with van der Waals surface area (Å²) in [6, 6.07) is 0. The van der Waals surface area contributed by atoms with E-state index in [1.807, 2.05) is 13.8 Å². The Balaban J connectivity index is 3.75. The third-order valence-corrected chi connectivity index (χ3v) is 2.68. The lowest BCUT2D eigenvalue weighted by molar-refractivity contribution is 0.0832. The summed E-state index contributed by atoms with van der Waals surface area (Å²) in [5.74, 6) is 3.02. The SMILES string of the molecule is C#CC(CCCCCC)C(O)C(C)C. The summed E-state index contributed by atoms with van der Waals surface area (Å²) in [4.78, 5) is 0. The molecule has 0 spiro atoms. The molecule has 82 valence electrons. The molecule has 1 heteroatoms. The zero-order valence-corrected chi connectivity index (χ0v) is 9.79. The van der Waals surface area contributed by atoms with E-state index in [1.54, 1.807) is 0 Å². The number of hydrogen-bond acceptors (Lipinski definition) is 1. The van der Waals surface area contributed by atoms with Crippen LogP contribution in [0.15, 0.2) is 0 Å². The highest BCUT2D eigenvalue weighted by Crippen LogP contribution is 2.18. The van der Waals surface area contributed by atoms with E-state index in [9.17, 15) is 5.11 Å². The van der Waals surface area contributed by atoms with Gasteiger partial charge in [-0.05, 0) is 12.3 Å². The molecule has 2 atom stereocenters. The molecule has 0 aliphatic heterocycles. The molecular formula is C13H24O. The Labute approximate surface area is 88.9 Å². The summed E-state index contributed by atoms with van der Waals surface area (Å²) in [6.45, 7) is 6.23. The van der Waals surface area contributed by atoms with Crippen LogP contribution < -0.4 is 0 Å². The number of unbranched alkanes of at least 4 members (excludes halogenated alkanes) is 3. The number of rotatable bonds is 7. The van der Waals surface area contributed by atoms with Gasteiger partial charge in [-0.1, -0.05) is 46.5 Å². The third kappa shape index (κ3) is 5.29. The number of aliphatic hydroxyl groups excluding tert-OH is 1. The van der Waals surface area contributed by atoms with Crippen molar-refractivity contribution in [3.8, 4) is 12.3 Å². The summed E-state index contributed by atoms with van der Waals surface area (Å²) in [6.07, 6.45) is 10.9. The van der Waals surface area contributed by atoms with Crippen LogP contribution in [0.3, 0.4) is 0 Å². The summed E-state index contributed by atoms with van der Waals surface area (Å²) >= 11 is 0. The Morgan fingerprint density at radius 3 is 2.29 bits per heavy atom. The second-order valence-corrected chi connectivity index (χ2v) is 4.36. The van der Waals surface area contributed by atoms with Crippen molar-refractivity contribution in [2.75, 3.05) is 0 Å². The first-order valence-electron chi connectivity index (χ1n) is 5.77. The van der Waals surface area contributed by atoms with E-state index in [4.69, 9.17) is 6.42 Å². The molecule has 0 amide bonds. The van der Waals surface area contributed by atoms with Crippen LogP contribution in [0.25, 0.3) is 0 Å². The van der Waals surface area contributed by atoms with Crippen LogP contribution in [-0.4, -0.2) is 11.2 Å². The molecule has 0 aromatic rings. The molecule has 1 N–H and O–H groups in total. The molecule has 14 heavy (non-hydrogen) atoms. The number of aliphatic hydroxyl groups is 1. The Bertz CT molecular complexity index is 167. The summed E-state index contributed by atoms with van der Waals surface area (Å²) in [5, 5.41) is 9.80. The van der Waals surface area contributed by atoms with E-state index in [2.05, 4.69) is 12.8 Å². The molecule has 0 rings (SSSR count). The highest BCUT2D eigenvalue weighted by Gasteiger charge is 2.19. The van der Waals surface area contributed by atoms with E-state index < -0.39 is 0 Å². The van der Waals surface area contributed by atoms with Crippen molar-refractivity contribution in [3.63, 3.8) is 0 Å². The molecule has 0 aliphatic carbocycles. The molecule has 0 aromatic heterocycles. The predicted octanol–water partition coefficient (Wildman–Crippen LogP) is 3.22. The van der Waals surface area contributed by atoms with Gasteiger partial charge in [0, 0.05) is 5.92 Å². The summed E-state index contributed by atoms with van der Waals surface area (Å²) in [5.41, 5.74) is 0. The smallest absolute Gasteiger partial charge is 0.0700 e. The molecule has 0 heterocycles. The van der Waals surface area contributed by atoms with Gasteiger partial charge in [-0.15, -0.1) is 12.3 Å². The minimum atomic E-state index is -0.332. The van der Waals surface area contributed by atoms with Crippen LogP contribution in [-0.2, 0) is 0 Å². The second-order valence-electron chi connectivity index (χ2n) is 4.36. The molecule has 0 radical (unpaired) electrons. The third-order valence-electron chi connectivity index (χ3n) is 2.68. The lowest BCUT2D eigenvalue weighted by Crippen LogP contribution is -2.24. The van der Waals surface area contributed by atoms with Crippen molar-refractivity contribution in [1.82, 2.24) is 0 Å². The fraction of sp³-hybridized carbons (Fsp3) is 0.846. The average molecular weight is 196 g/mol. The minimum Gasteiger partial charge on any atom is -0.392 e. The lowest BCUT2D eigenvalue weighted by atomic mass is 9.89. The largest absolute Gasteiger partial charge is 0.392 e. The van der Waals surface area contributed by atoms with Gasteiger partial charge in [-0.3, -0.25) is 0 Å². The van der Waals surface area contributed by atoms with Crippen LogP contribution in [0.4, 0.5) is 0 Å². The fourth-order valence-corrected chi connectivity index (χ4v) is 1.61. The first kappa shape index (κ1) is 13.5. The van der Waals surface area contributed by atoms with E-state index >= 15 is 0 Å². The number of terminal acetylenes is 1. The molecule has 0 saturated carbocycles. The molecule has 1 nitrogen and oxygen atoms in total. The van der Waals surface area contributed by atoms with Crippen molar-refractivity contribution in [2.24, 2.45) is 11.8 Å². The van der Waals surface area contributed by atoms with E-state index in [0.717, 1.165) is 12.8 Å². The molecule has 0 aliphatic rings. The van der Waals surface area contributed by atoms with Crippen LogP contribution in [0.1, 0.15) is 52.9 Å². The average Bonchev–Trinajstić information content (AvgIpc) is 2.17.